The Morgan fingerprint density at radius 3 is 2.69 bits per heavy atom. The lowest BCUT2D eigenvalue weighted by Crippen LogP contribution is -2.54. The molecule has 0 saturated carbocycles. The number of aromatic amines is 1. The minimum atomic E-state index is -0.189. The number of hydrogen-bond donors (Lipinski definition) is 2. The number of thiophene rings is 1. The molecule has 154 valence electrons. The second-order valence-electron chi connectivity index (χ2n) is 8.36. The van der Waals surface area contributed by atoms with Crippen molar-refractivity contribution >= 4 is 28.1 Å². The van der Waals surface area contributed by atoms with Gasteiger partial charge in [-0.15, -0.1) is 11.3 Å². The van der Waals surface area contributed by atoms with Crippen molar-refractivity contribution in [1.82, 2.24) is 15.2 Å². The zero-order valence-electron chi connectivity index (χ0n) is 17.5. The van der Waals surface area contributed by atoms with Gasteiger partial charge in [0.1, 0.15) is 0 Å². The summed E-state index contributed by atoms with van der Waals surface area (Å²) in [6.07, 6.45) is 5.55. The molecule has 5 heteroatoms. The van der Waals surface area contributed by atoms with Crippen LogP contribution in [0.1, 0.15) is 56.4 Å². The van der Waals surface area contributed by atoms with Gasteiger partial charge in [-0.2, -0.15) is 0 Å². The zero-order valence-corrected chi connectivity index (χ0v) is 18.3. The van der Waals surface area contributed by atoms with E-state index in [0.29, 0.717) is 12.1 Å². The molecule has 29 heavy (non-hydrogen) atoms. The molecule has 1 amide bonds. The fourth-order valence-electron chi connectivity index (χ4n) is 4.70. The van der Waals surface area contributed by atoms with E-state index in [1.165, 1.54) is 22.2 Å². The molecule has 0 spiro atoms. The molecular formula is C24H31N3OS. The molecule has 0 bridgehead atoms. The summed E-state index contributed by atoms with van der Waals surface area (Å²) in [5.74, 6) is 0.450. The topological polar surface area (TPSA) is 48.1 Å². The monoisotopic (exact) mass is 409 g/mol. The fraction of sp³-hybridized carbons (Fsp3) is 0.458. The van der Waals surface area contributed by atoms with Crippen LogP contribution in [-0.4, -0.2) is 40.5 Å². The van der Waals surface area contributed by atoms with Gasteiger partial charge in [-0.05, 0) is 63.1 Å². The van der Waals surface area contributed by atoms with Crippen molar-refractivity contribution in [3.8, 4) is 0 Å². The Kier molecular flexibility index (Phi) is 6.07. The summed E-state index contributed by atoms with van der Waals surface area (Å²) in [6, 6.07) is 13.2. The summed E-state index contributed by atoms with van der Waals surface area (Å²) in [6.45, 7) is 7.12. The van der Waals surface area contributed by atoms with Crippen LogP contribution in [0.3, 0.4) is 0 Å². The average molecular weight is 410 g/mol. The molecule has 2 aromatic heterocycles. The zero-order chi connectivity index (χ0) is 20.4. The fourth-order valence-corrected chi connectivity index (χ4v) is 5.54. The van der Waals surface area contributed by atoms with Crippen LogP contribution in [0.15, 0.2) is 48.0 Å². The summed E-state index contributed by atoms with van der Waals surface area (Å²) in [5.41, 5.74) is 2.44. The van der Waals surface area contributed by atoms with Crippen molar-refractivity contribution in [1.29, 1.82) is 0 Å². The molecule has 4 atom stereocenters. The predicted octanol–water partition coefficient (Wildman–Crippen LogP) is 5.13. The van der Waals surface area contributed by atoms with Crippen LogP contribution in [0.4, 0.5) is 0 Å². The average Bonchev–Trinajstić information content (AvgIpc) is 3.38. The summed E-state index contributed by atoms with van der Waals surface area (Å²) in [7, 11) is 0. The lowest BCUT2D eigenvalue weighted by atomic mass is 9.95. The SMILES string of the molecule is C[C@H](NC[C@@H](c1cccs1)c1c[nH]c2ccccc12)C(=O)N1[C@H](C)CCC[C@@H]1C. The van der Waals surface area contributed by atoms with Gasteiger partial charge < -0.3 is 15.2 Å². The smallest absolute Gasteiger partial charge is 0.239 e. The van der Waals surface area contributed by atoms with Crippen LogP contribution in [0.2, 0.25) is 0 Å². The first kappa shape index (κ1) is 20.2. The van der Waals surface area contributed by atoms with Gasteiger partial charge in [0.25, 0.3) is 0 Å². The van der Waals surface area contributed by atoms with E-state index in [4.69, 9.17) is 0 Å². The molecule has 0 radical (unpaired) electrons. The van der Waals surface area contributed by atoms with E-state index in [-0.39, 0.29) is 17.9 Å². The maximum Gasteiger partial charge on any atom is 0.239 e. The Bertz CT molecular complexity index is 938. The third-order valence-electron chi connectivity index (χ3n) is 6.33. The summed E-state index contributed by atoms with van der Waals surface area (Å²) in [4.78, 5) is 20.0. The number of likely N-dealkylation sites (tertiary alicyclic amines) is 1. The Balaban J connectivity index is 1.52. The predicted molar refractivity (Wildman–Crippen MR) is 122 cm³/mol. The number of para-hydroxylation sites is 1. The Labute approximate surface area is 177 Å². The van der Waals surface area contributed by atoms with Crippen molar-refractivity contribution < 1.29 is 4.79 Å². The molecule has 2 N–H and O–H groups in total. The first-order chi connectivity index (χ1) is 14.1. The molecule has 3 aromatic rings. The first-order valence-electron chi connectivity index (χ1n) is 10.7. The number of aromatic nitrogens is 1. The van der Waals surface area contributed by atoms with Crippen LogP contribution in [0.25, 0.3) is 10.9 Å². The normalized spacial score (nSPS) is 22.0. The Hall–Kier alpha value is -2.11. The standard InChI is InChI=1S/C24H31N3OS/c1-16-8-6-9-17(2)27(16)24(28)18(3)25-15-21(23-12-7-13-29-23)20-14-26-22-11-5-4-10-19(20)22/h4-5,7,10-14,16-18,21,25-26H,6,8-9,15H2,1-3H3/t16-,17+,18-,21+/m0/s1. The molecule has 4 nitrogen and oxygen atoms in total. The number of benzene rings is 1. The van der Waals surface area contributed by atoms with Gasteiger partial charge in [0.05, 0.1) is 6.04 Å². The lowest BCUT2D eigenvalue weighted by molar-refractivity contribution is -0.139. The van der Waals surface area contributed by atoms with E-state index < -0.39 is 0 Å². The summed E-state index contributed by atoms with van der Waals surface area (Å²) >= 11 is 1.78. The van der Waals surface area contributed by atoms with Crippen molar-refractivity contribution in [2.24, 2.45) is 0 Å². The molecule has 0 unspecified atom stereocenters. The second kappa shape index (κ2) is 8.72. The highest BCUT2D eigenvalue weighted by atomic mass is 32.1. The number of carbonyl (C=O) groups excluding carboxylic acids is 1. The van der Waals surface area contributed by atoms with Crippen molar-refractivity contribution in [3.05, 3.63) is 58.4 Å². The van der Waals surface area contributed by atoms with Gasteiger partial charge in [0.15, 0.2) is 0 Å². The van der Waals surface area contributed by atoms with E-state index >= 15 is 0 Å². The number of H-pyrrole nitrogens is 1. The van der Waals surface area contributed by atoms with E-state index in [1.807, 2.05) is 6.92 Å². The maximum atomic E-state index is 13.2. The van der Waals surface area contributed by atoms with Crippen LogP contribution >= 0.6 is 11.3 Å². The minimum Gasteiger partial charge on any atom is -0.361 e. The van der Waals surface area contributed by atoms with Crippen LogP contribution in [0.5, 0.6) is 0 Å². The highest BCUT2D eigenvalue weighted by molar-refractivity contribution is 7.10. The molecule has 1 fully saturated rings. The molecule has 1 saturated heterocycles. The molecule has 1 aliphatic rings. The number of nitrogens with one attached hydrogen (secondary N) is 2. The number of piperidine rings is 1. The van der Waals surface area contributed by atoms with Gasteiger partial charge in [-0.3, -0.25) is 4.79 Å². The Morgan fingerprint density at radius 1 is 1.21 bits per heavy atom. The van der Waals surface area contributed by atoms with Crippen LogP contribution in [0, 0.1) is 0 Å². The number of amides is 1. The second-order valence-corrected chi connectivity index (χ2v) is 9.34. The minimum absolute atomic E-state index is 0.189. The third kappa shape index (κ3) is 4.12. The number of nitrogens with zero attached hydrogens (tertiary/aromatic N) is 1. The number of fused-ring (bicyclic) bond motifs is 1. The van der Waals surface area contributed by atoms with Crippen LogP contribution < -0.4 is 5.32 Å². The van der Waals surface area contributed by atoms with Crippen molar-refractivity contribution in [2.45, 2.75) is 64.1 Å². The van der Waals surface area contributed by atoms with Crippen molar-refractivity contribution in [3.63, 3.8) is 0 Å². The lowest BCUT2D eigenvalue weighted by Gasteiger charge is -2.40. The number of carbonyl (C=O) groups is 1. The highest BCUT2D eigenvalue weighted by Crippen LogP contribution is 2.33. The van der Waals surface area contributed by atoms with Gasteiger partial charge >= 0.3 is 0 Å². The Morgan fingerprint density at radius 2 is 1.97 bits per heavy atom. The molecule has 1 aliphatic heterocycles. The van der Waals surface area contributed by atoms with Gasteiger partial charge in [0, 0.05) is 46.5 Å². The summed E-state index contributed by atoms with van der Waals surface area (Å²) in [5, 5.41) is 6.95. The van der Waals surface area contributed by atoms with E-state index in [9.17, 15) is 4.79 Å². The van der Waals surface area contributed by atoms with Gasteiger partial charge in [-0.1, -0.05) is 24.3 Å². The maximum absolute atomic E-state index is 13.2. The quantitative estimate of drug-likeness (QED) is 0.593. The molecule has 0 aliphatic carbocycles. The van der Waals surface area contributed by atoms with Crippen molar-refractivity contribution in [2.75, 3.05) is 6.54 Å². The van der Waals surface area contributed by atoms with E-state index in [2.05, 4.69) is 77.0 Å². The first-order valence-corrected chi connectivity index (χ1v) is 11.6. The van der Waals surface area contributed by atoms with Gasteiger partial charge in [0.2, 0.25) is 5.91 Å². The molecule has 4 rings (SSSR count). The van der Waals surface area contributed by atoms with Gasteiger partial charge in [-0.25, -0.2) is 0 Å². The largest absolute Gasteiger partial charge is 0.361 e. The molecule has 3 heterocycles. The molecule has 1 aromatic carbocycles. The van der Waals surface area contributed by atoms with Crippen LogP contribution in [-0.2, 0) is 4.79 Å². The summed E-state index contributed by atoms with van der Waals surface area (Å²) < 4.78 is 0. The highest BCUT2D eigenvalue weighted by Gasteiger charge is 2.32. The molecular weight excluding hydrogens is 378 g/mol. The third-order valence-corrected chi connectivity index (χ3v) is 7.32. The van der Waals surface area contributed by atoms with E-state index in [1.54, 1.807) is 11.3 Å². The number of rotatable bonds is 6. The number of hydrogen-bond acceptors (Lipinski definition) is 3. The van der Waals surface area contributed by atoms with E-state index in [0.717, 1.165) is 24.9 Å².